The number of rotatable bonds is 4. The number of hydrogen-bond acceptors (Lipinski definition) is 5. The topological polar surface area (TPSA) is 80.3 Å². The molecule has 0 spiro atoms. The zero-order valence-electron chi connectivity index (χ0n) is 14.6. The van der Waals surface area contributed by atoms with E-state index in [1.165, 1.54) is 24.1 Å². The molecule has 1 N–H and O–H groups in total. The first-order chi connectivity index (χ1) is 13.2. The molecule has 1 aromatic carbocycles. The summed E-state index contributed by atoms with van der Waals surface area (Å²) in [6.07, 6.45) is 4.50. The van der Waals surface area contributed by atoms with Gasteiger partial charge in [-0.05, 0) is 29.8 Å². The Hall–Kier alpha value is -3.42. The first kappa shape index (κ1) is 17.0. The van der Waals surface area contributed by atoms with Crippen LogP contribution < -0.4 is 9.64 Å². The number of methoxy groups -OCH3 is 1. The average molecular weight is 368 g/mol. The molecule has 1 unspecified atom stereocenters. The molecule has 1 atom stereocenters. The van der Waals surface area contributed by atoms with Crippen molar-refractivity contribution in [1.29, 1.82) is 0 Å². The number of nitrogens with zero attached hydrogens (tertiary/aromatic N) is 3. The number of carbonyl (C=O) groups excluding carboxylic acids is 1. The van der Waals surface area contributed by atoms with Crippen molar-refractivity contribution < 1.29 is 18.7 Å². The second-order valence-electron chi connectivity index (χ2n) is 6.06. The highest BCUT2D eigenvalue weighted by Gasteiger charge is 2.31. The lowest BCUT2D eigenvalue weighted by Gasteiger charge is -2.30. The standard InChI is InChI=1S/C19H17FN4O3/c1-26-17-3-2-13(10-14(17)20)16-6-9-24(19(25)27-16)18-22-11-15(23-18)12-4-7-21-8-5-12/h2-5,7-8,10-11,16H,6,9H2,1H3,(H,22,23). The van der Waals surface area contributed by atoms with Crippen LogP contribution in [0.4, 0.5) is 15.1 Å². The summed E-state index contributed by atoms with van der Waals surface area (Å²) in [6, 6.07) is 8.25. The quantitative estimate of drug-likeness (QED) is 0.759. The lowest BCUT2D eigenvalue weighted by molar-refractivity contribution is 0.0834. The number of halogens is 1. The molecule has 138 valence electrons. The number of carbonyl (C=O) groups is 1. The number of H-pyrrole nitrogens is 1. The molecule has 2 aromatic heterocycles. The van der Waals surface area contributed by atoms with Gasteiger partial charge in [0, 0.05) is 30.9 Å². The monoisotopic (exact) mass is 368 g/mol. The number of ether oxygens (including phenoxy) is 2. The smallest absolute Gasteiger partial charge is 0.417 e. The molecule has 3 aromatic rings. The third-order valence-electron chi connectivity index (χ3n) is 4.44. The Morgan fingerprint density at radius 2 is 2.11 bits per heavy atom. The molecule has 27 heavy (non-hydrogen) atoms. The molecule has 1 amide bonds. The van der Waals surface area contributed by atoms with Crippen molar-refractivity contribution in [3.05, 3.63) is 60.3 Å². The van der Waals surface area contributed by atoms with Gasteiger partial charge in [0.2, 0.25) is 5.95 Å². The summed E-state index contributed by atoms with van der Waals surface area (Å²) in [5, 5.41) is 0. The first-order valence-corrected chi connectivity index (χ1v) is 8.42. The summed E-state index contributed by atoms with van der Waals surface area (Å²) in [6.45, 7) is 0.403. The molecule has 0 aliphatic carbocycles. The Morgan fingerprint density at radius 3 is 2.81 bits per heavy atom. The SMILES string of the molecule is COc1ccc(C2CCN(c3ncc(-c4ccncc4)[nH]3)C(=O)O2)cc1F. The highest BCUT2D eigenvalue weighted by Crippen LogP contribution is 2.31. The number of anilines is 1. The molecule has 0 saturated carbocycles. The molecule has 0 radical (unpaired) electrons. The molecule has 7 nitrogen and oxygen atoms in total. The fraction of sp³-hybridized carbons (Fsp3) is 0.211. The molecule has 1 fully saturated rings. The molecule has 8 heteroatoms. The molecule has 1 aliphatic rings. The van der Waals surface area contributed by atoms with Gasteiger partial charge in [-0.2, -0.15) is 0 Å². The van der Waals surface area contributed by atoms with Crippen LogP contribution >= 0.6 is 0 Å². The highest BCUT2D eigenvalue weighted by atomic mass is 19.1. The van der Waals surface area contributed by atoms with Gasteiger partial charge < -0.3 is 14.5 Å². The third kappa shape index (κ3) is 3.33. The maximum Gasteiger partial charge on any atom is 0.417 e. The van der Waals surface area contributed by atoms with Gasteiger partial charge >= 0.3 is 6.09 Å². The predicted molar refractivity (Wildman–Crippen MR) is 96.0 cm³/mol. The van der Waals surface area contributed by atoms with Crippen molar-refractivity contribution >= 4 is 12.0 Å². The van der Waals surface area contributed by atoms with Gasteiger partial charge in [-0.1, -0.05) is 6.07 Å². The van der Waals surface area contributed by atoms with Crippen molar-refractivity contribution in [3.63, 3.8) is 0 Å². The first-order valence-electron chi connectivity index (χ1n) is 8.42. The number of imidazole rings is 1. The fourth-order valence-electron chi connectivity index (χ4n) is 3.02. The predicted octanol–water partition coefficient (Wildman–Crippen LogP) is 3.71. The maximum atomic E-state index is 13.9. The molecular formula is C19H17FN4O3. The summed E-state index contributed by atoms with van der Waals surface area (Å²) in [5.74, 6) is 0.0782. The molecule has 4 rings (SSSR count). The molecule has 1 saturated heterocycles. The number of aromatic amines is 1. The van der Waals surface area contributed by atoms with Gasteiger partial charge in [0.25, 0.3) is 0 Å². The number of hydrogen-bond donors (Lipinski definition) is 1. The molecular weight excluding hydrogens is 351 g/mol. The van der Waals surface area contributed by atoms with E-state index in [0.29, 0.717) is 24.5 Å². The minimum absolute atomic E-state index is 0.154. The largest absolute Gasteiger partial charge is 0.494 e. The van der Waals surface area contributed by atoms with Crippen LogP contribution in [0.15, 0.2) is 48.9 Å². The van der Waals surface area contributed by atoms with E-state index in [1.54, 1.807) is 24.7 Å². The van der Waals surface area contributed by atoms with E-state index >= 15 is 0 Å². The lowest BCUT2D eigenvalue weighted by Crippen LogP contribution is -2.39. The number of pyridine rings is 1. The van der Waals surface area contributed by atoms with Gasteiger partial charge in [0.05, 0.1) is 19.0 Å². The summed E-state index contributed by atoms with van der Waals surface area (Å²) >= 11 is 0. The molecule has 0 bridgehead atoms. The van der Waals surface area contributed by atoms with Crippen molar-refractivity contribution in [1.82, 2.24) is 15.0 Å². The van der Waals surface area contributed by atoms with Crippen molar-refractivity contribution in [2.24, 2.45) is 0 Å². The molecule has 1 aliphatic heterocycles. The van der Waals surface area contributed by atoms with Crippen LogP contribution in [0.25, 0.3) is 11.3 Å². The van der Waals surface area contributed by atoms with Crippen LogP contribution in [0.5, 0.6) is 5.75 Å². The minimum Gasteiger partial charge on any atom is -0.494 e. The Labute approximate surface area is 154 Å². The van der Waals surface area contributed by atoms with Gasteiger partial charge in [0.1, 0.15) is 6.10 Å². The van der Waals surface area contributed by atoms with Crippen molar-refractivity contribution in [2.45, 2.75) is 12.5 Å². The second kappa shape index (κ2) is 7.06. The van der Waals surface area contributed by atoms with E-state index in [1.807, 2.05) is 12.1 Å². The summed E-state index contributed by atoms with van der Waals surface area (Å²) in [5.41, 5.74) is 2.29. The number of nitrogens with one attached hydrogen (secondary N) is 1. The van der Waals surface area contributed by atoms with E-state index in [4.69, 9.17) is 9.47 Å². The van der Waals surface area contributed by atoms with Gasteiger partial charge in [-0.3, -0.25) is 4.98 Å². The zero-order valence-corrected chi connectivity index (χ0v) is 14.6. The Kier molecular flexibility index (Phi) is 4.45. The van der Waals surface area contributed by atoms with E-state index in [2.05, 4.69) is 15.0 Å². The maximum absolute atomic E-state index is 13.9. The Morgan fingerprint density at radius 1 is 1.30 bits per heavy atom. The Balaban J connectivity index is 1.49. The third-order valence-corrected chi connectivity index (χ3v) is 4.44. The Bertz CT molecular complexity index is 961. The van der Waals surface area contributed by atoms with Gasteiger partial charge in [-0.25, -0.2) is 19.1 Å². The van der Waals surface area contributed by atoms with Crippen molar-refractivity contribution in [3.8, 4) is 17.0 Å². The van der Waals surface area contributed by atoms with Crippen LogP contribution in [-0.4, -0.2) is 34.7 Å². The van der Waals surface area contributed by atoms with Crippen molar-refractivity contribution in [2.75, 3.05) is 18.6 Å². The number of amides is 1. The number of cyclic esters (lactones) is 1. The number of benzene rings is 1. The average Bonchev–Trinajstić information content (AvgIpc) is 3.18. The second-order valence-corrected chi connectivity index (χ2v) is 6.06. The summed E-state index contributed by atoms with van der Waals surface area (Å²) in [7, 11) is 1.40. The van der Waals surface area contributed by atoms with Gasteiger partial charge in [-0.15, -0.1) is 0 Å². The van der Waals surface area contributed by atoms with E-state index in [-0.39, 0.29) is 5.75 Å². The normalized spacial score (nSPS) is 16.9. The summed E-state index contributed by atoms with van der Waals surface area (Å²) < 4.78 is 24.3. The van der Waals surface area contributed by atoms with Crippen LogP contribution in [0, 0.1) is 5.82 Å². The zero-order chi connectivity index (χ0) is 18.8. The van der Waals surface area contributed by atoms with E-state index in [0.717, 1.165) is 11.3 Å². The van der Waals surface area contributed by atoms with Crippen LogP contribution in [0.2, 0.25) is 0 Å². The lowest BCUT2D eigenvalue weighted by atomic mass is 10.0. The van der Waals surface area contributed by atoms with E-state index < -0.39 is 18.0 Å². The summed E-state index contributed by atoms with van der Waals surface area (Å²) in [4.78, 5) is 25.3. The number of aromatic nitrogens is 3. The van der Waals surface area contributed by atoms with E-state index in [9.17, 15) is 9.18 Å². The van der Waals surface area contributed by atoms with Crippen LogP contribution in [0.3, 0.4) is 0 Å². The van der Waals surface area contributed by atoms with Crippen LogP contribution in [-0.2, 0) is 4.74 Å². The fourth-order valence-corrected chi connectivity index (χ4v) is 3.02. The molecule has 3 heterocycles. The van der Waals surface area contributed by atoms with Gasteiger partial charge in [0.15, 0.2) is 11.6 Å². The highest BCUT2D eigenvalue weighted by molar-refractivity contribution is 5.86. The van der Waals surface area contributed by atoms with Crippen LogP contribution in [0.1, 0.15) is 18.1 Å². The minimum atomic E-state index is -0.530.